The third-order valence-electron chi connectivity index (χ3n) is 6.94. The van der Waals surface area contributed by atoms with E-state index in [-0.39, 0.29) is 5.41 Å². The maximum atomic E-state index is 14.0. The highest BCUT2D eigenvalue weighted by molar-refractivity contribution is 6.36. The predicted molar refractivity (Wildman–Crippen MR) is 169 cm³/mol. The van der Waals surface area contributed by atoms with Crippen molar-refractivity contribution in [1.29, 1.82) is 5.26 Å². The van der Waals surface area contributed by atoms with E-state index in [1.54, 1.807) is 30.3 Å². The molecular weight excluding hydrogens is 566 g/mol. The van der Waals surface area contributed by atoms with Crippen LogP contribution >= 0.6 is 11.6 Å². The van der Waals surface area contributed by atoms with Gasteiger partial charge in [-0.1, -0.05) is 56.6 Å². The number of hydrazine groups is 2. The average molecular weight is 597 g/mol. The minimum atomic E-state index is -1.47. The molecule has 0 saturated carbocycles. The molecule has 3 aromatic carbocycles. The van der Waals surface area contributed by atoms with Gasteiger partial charge in [-0.2, -0.15) is 5.26 Å². The first-order valence-electron chi connectivity index (χ1n) is 13.6. The fraction of sp³-hybridized carbons (Fsp3) is 0.258. The predicted octanol–water partition coefficient (Wildman–Crippen LogP) is 5.64. The molecule has 0 aliphatic carbocycles. The largest absolute Gasteiger partial charge is 0.497 e. The van der Waals surface area contributed by atoms with E-state index in [0.717, 1.165) is 11.3 Å². The number of nitrogens with one attached hydrogen (secondary N) is 4. The quantitative estimate of drug-likeness (QED) is 0.184. The highest BCUT2D eigenvalue weighted by Crippen LogP contribution is 2.36. The lowest BCUT2D eigenvalue weighted by atomic mass is 9.70. The topological polar surface area (TPSA) is 110 Å². The number of hydrogen-bond acceptors (Lipinski definition) is 9. The lowest BCUT2D eigenvalue weighted by Crippen LogP contribution is -2.53. The molecule has 0 spiro atoms. The van der Waals surface area contributed by atoms with Crippen LogP contribution in [0.15, 0.2) is 72.0 Å². The minimum Gasteiger partial charge on any atom is -0.497 e. The standard InChI is InChI=1S/C31H31BClFN8O/c1-30(2,3)18-37-27-20(15-35)16-36-28-25(27)13-23(14-26(28)33)38-31(32,21-7-9-22(34)10-8-21)29-39-40-41-42(29)17-19-5-11-24(43-4)12-6-19/h5-14,16,38,40-41H,17-18H2,1-4H3,(H,36,37). The molecule has 0 bridgehead atoms. The van der Waals surface area contributed by atoms with E-state index in [0.29, 0.717) is 57.4 Å². The Labute approximate surface area is 256 Å². The third kappa shape index (κ3) is 6.46. The highest BCUT2D eigenvalue weighted by Gasteiger charge is 2.38. The van der Waals surface area contributed by atoms with Crippen LogP contribution in [0.25, 0.3) is 10.9 Å². The Kier molecular flexibility index (Phi) is 8.35. The maximum absolute atomic E-state index is 14.0. The fourth-order valence-electron chi connectivity index (χ4n) is 4.74. The summed E-state index contributed by atoms with van der Waals surface area (Å²) in [5.41, 5.74) is 7.91. The van der Waals surface area contributed by atoms with Crippen molar-refractivity contribution >= 4 is 47.6 Å². The van der Waals surface area contributed by atoms with Crippen molar-refractivity contribution in [3.8, 4) is 11.8 Å². The van der Waals surface area contributed by atoms with Gasteiger partial charge in [0, 0.05) is 23.8 Å². The SMILES string of the molecule is [B]C(Nc1cc(Cl)c2ncc(C#N)c(NCC(C)(C)C)c2c1)(C1=NNNN1Cc1ccc(OC)cc1)c1ccc(F)cc1. The Bertz CT molecular complexity index is 1700. The molecule has 43 heavy (non-hydrogen) atoms. The summed E-state index contributed by atoms with van der Waals surface area (Å²) in [5, 5.41) is 23.9. The lowest BCUT2D eigenvalue weighted by molar-refractivity contribution is 0.280. The van der Waals surface area contributed by atoms with Crippen molar-refractivity contribution in [2.45, 2.75) is 32.8 Å². The number of ether oxygens (including phenoxy) is 1. The molecular formula is C31H31BClFN8O. The third-order valence-corrected chi connectivity index (χ3v) is 7.22. The summed E-state index contributed by atoms with van der Waals surface area (Å²) >= 11 is 6.76. The van der Waals surface area contributed by atoms with Gasteiger partial charge < -0.3 is 15.4 Å². The highest BCUT2D eigenvalue weighted by atomic mass is 35.5. The first-order valence-corrected chi connectivity index (χ1v) is 14.0. The molecule has 4 N–H and O–H groups in total. The monoisotopic (exact) mass is 596 g/mol. The summed E-state index contributed by atoms with van der Waals surface area (Å²) in [7, 11) is 8.78. The Morgan fingerprint density at radius 3 is 2.49 bits per heavy atom. The molecule has 5 rings (SSSR count). The molecule has 1 aliphatic heterocycles. The van der Waals surface area contributed by atoms with Gasteiger partial charge in [0.2, 0.25) is 0 Å². The number of hydrogen-bond donors (Lipinski definition) is 4. The molecule has 12 heteroatoms. The number of fused-ring (bicyclic) bond motifs is 1. The molecule has 2 heterocycles. The molecule has 218 valence electrons. The number of nitrogens with zero attached hydrogens (tertiary/aromatic N) is 4. The number of hydrazone groups is 1. The van der Waals surface area contributed by atoms with Crippen molar-refractivity contribution in [1.82, 2.24) is 21.1 Å². The number of anilines is 2. The van der Waals surface area contributed by atoms with Crippen LogP contribution < -0.4 is 26.4 Å². The van der Waals surface area contributed by atoms with Gasteiger partial charge in [0.15, 0.2) is 5.84 Å². The summed E-state index contributed by atoms with van der Waals surface area (Å²) in [6.45, 7) is 7.31. The Morgan fingerprint density at radius 2 is 1.84 bits per heavy atom. The molecule has 2 radical (unpaired) electrons. The normalized spacial score (nSPS) is 14.4. The number of methoxy groups -OCH3 is 1. The van der Waals surface area contributed by atoms with Crippen molar-refractivity contribution < 1.29 is 9.13 Å². The molecule has 0 amide bonds. The summed E-state index contributed by atoms with van der Waals surface area (Å²) in [6.07, 6.45) is 1.51. The van der Waals surface area contributed by atoms with Crippen LogP contribution in [0.5, 0.6) is 5.75 Å². The van der Waals surface area contributed by atoms with Crippen LogP contribution in [0.2, 0.25) is 5.02 Å². The maximum Gasteiger partial charge on any atom is 0.162 e. The Hall–Kier alpha value is -4.53. The van der Waals surface area contributed by atoms with Gasteiger partial charge >= 0.3 is 0 Å². The van der Waals surface area contributed by atoms with E-state index < -0.39 is 11.3 Å². The van der Waals surface area contributed by atoms with E-state index in [1.165, 1.54) is 18.3 Å². The minimum absolute atomic E-state index is 0.0507. The van der Waals surface area contributed by atoms with E-state index in [1.807, 2.05) is 30.3 Å². The molecule has 1 atom stereocenters. The molecule has 1 unspecified atom stereocenters. The second-order valence-corrected chi connectivity index (χ2v) is 11.9. The number of halogens is 2. The van der Waals surface area contributed by atoms with Crippen LogP contribution in [0.1, 0.15) is 37.5 Å². The van der Waals surface area contributed by atoms with E-state index >= 15 is 0 Å². The Balaban J connectivity index is 1.57. The lowest BCUT2D eigenvalue weighted by Gasteiger charge is -2.37. The second-order valence-electron chi connectivity index (χ2n) is 11.5. The first-order chi connectivity index (χ1) is 20.5. The van der Waals surface area contributed by atoms with Crippen molar-refractivity contribution in [3.63, 3.8) is 0 Å². The van der Waals surface area contributed by atoms with Crippen molar-refractivity contribution in [2.24, 2.45) is 10.5 Å². The zero-order valence-corrected chi connectivity index (χ0v) is 25.1. The van der Waals surface area contributed by atoms with Crippen LogP contribution in [0.4, 0.5) is 15.8 Å². The molecule has 1 aromatic heterocycles. The van der Waals surface area contributed by atoms with Crippen LogP contribution in [0.3, 0.4) is 0 Å². The van der Waals surface area contributed by atoms with Crippen LogP contribution in [-0.4, -0.2) is 37.3 Å². The number of rotatable bonds is 9. The fourth-order valence-corrected chi connectivity index (χ4v) is 5.01. The summed E-state index contributed by atoms with van der Waals surface area (Å²) in [4.78, 5) is 4.45. The summed E-state index contributed by atoms with van der Waals surface area (Å²) in [5.74, 6) is 0.732. The van der Waals surface area contributed by atoms with E-state index in [9.17, 15) is 9.65 Å². The van der Waals surface area contributed by atoms with Gasteiger partial charge in [-0.25, -0.2) is 9.93 Å². The van der Waals surface area contributed by atoms with Gasteiger partial charge in [0.05, 0.1) is 40.9 Å². The molecule has 4 aromatic rings. The number of amidine groups is 1. The smallest absolute Gasteiger partial charge is 0.162 e. The zero-order valence-electron chi connectivity index (χ0n) is 24.3. The van der Waals surface area contributed by atoms with Gasteiger partial charge in [0.25, 0.3) is 0 Å². The average Bonchev–Trinajstić information content (AvgIpc) is 3.45. The van der Waals surface area contributed by atoms with Crippen LogP contribution in [-0.2, 0) is 12.0 Å². The molecule has 1 aliphatic rings. The van der Waals surface area contributed by atoms with Gasteiger partial charge in [-0.05, 0) is 52.9 Å². The van der Waals surface area contributed by atoms with Crippen molar-refractivity contribution in [2.75, 3.05) is 24.3 Å². The summed E-state index contributed by atoms with van der Waals surface area (Å²) < 4.78 is 19.3. The van der Waals surface area contributed by atoms with E-state index in [2.05, 4.69) is 58.6 Å². The zero-order chi connectivity index (χ0) is 30.8. The molecule has 0 saturated heterocycles. The number of aromatic nitrogens is 1. The van der Waals surface area contributed by atoms with Crippen molar-refractivity contribution in [3.05, 3.63) is 94.4 Å². The number of nitriles is 1. The number of pyridine rings is 1. The van der Waals surface area contributed by atoms with Gasteiger partial charge in [0.1, 0.15) is 25.5 Å². The number of benzene rings is 3. The second kappa shape index (κ2) is 12.0. The summed E-state index contributed by atoms with van der Waals surface area (Å²) in [6, 6.07) is 19.3. The molecule has 0 fully saturated rings. The van der Waals surface area contributed by atoms with Gasteiger partial charge in [-0.3, -0.25) is 9.99 Å². The Morgan fingerprint density at radius 1 is 1.12 bits per heavy atom. The molecule has 9 nitrogen and oxygen atoms in total. The first kappa shape index (κ1) is 29.9. The van der Waals surface area contributed by atoms with Gasteiger partial charge in [-0.15, -0.1) is 10.6 Å². The van der Waals surface area contributed by atoms with E-state index in [4.69, 9.17) is 24.2 Å². The van der Waals surface area contributed by atoms with Crippen LogP contribution in [0, 0.1) is 22.6 Å².